The van der Waals surface area contributed by atoms with Gasteiger partial charge in [-0.15, -0.1) is 0 Å². The maximum Gasteiger partial charge on any atom is 0.0174 e. The van der Waals surface area contributed by atoms with E-state index in [4.69, 9.17) is 0 Å². The molecule has 0 bridgehead atoms. The van der Waals surface area contributed by atoms with Gasteiger partial charge in [-0.25, -0.2) is 0 Å². The average molecular weight is 314 g/mol. The van der Waals surface area contributed by atoms with Gasteiger partial charge in [-0.2, -0.15) is 0 Å². The molecular weight excluding hydrogens is 278 g/mol. The van der Waals surface area contributed by atoms with Crippen molar-refractivity contribution < 1.29 is 0 Å². The SMILES string of the molecule is CC(CNC1=CCCC(C(C)(C)c2ccccc2)C1)C(C)(C)C. The predicted molar refractivity (Wildman–Crippen MR) is 102 cm³/mol. The largest absolute Gasteiger partial charge is 0.388 e. The second-order valence-corrected chi connectivity index (χ2v) is 8.94. The van der Waals surface area contributed by atoms with E-state index in [1.807, 2.05) is 0 Å². The first-order valence-corrected chi connectivity index (χ1v) is 9.19. The first-order chi connectivity index (χ1) is 10.7. The van der Waals surface area contributed by atoms with Crippen molar-refractivity contribution in [2.75, 3.05) is 6.54 Å². The maximum absolute atomic E-state index is 3.74. The van der Waals surface area contributed by atoms with Crippen molar-refractivity contribution in [1.29, 1.82) is 0 Å². The predicted octanol–water partition coefficient (Wildman–Crippen LogP) is 5.92. The minimum Gasteiger partial charge on any atom is -0.388 e. The topological polar surface area (TPSA) is 12.0 Å². The molecule has 0 fully saturated rings. The molecule has 128 valence electrons. The maximum atomic E-state index is 3.74. The molecule has 1 N–H and O–H groups in total. The molecule has 0 spiro atoms. The van der Waals surface area contributed by atoms with E-state index in [1.165, 1.54) is 30.5 Å². The van der Waals surface area contributed by atoms with Crippen LogP contribution in [0.15, 0.2) is 42.1 Å². The highest BCUT2D eigenvalue weighted by atomic mass is 14.9. The molecule has 0 aromatic heterocycles. The molecule has 1 nitrogen and oxygen atoms in total. The van der Waals surface area contributed by atoms with E-state index >= 15 is 0 Å². The molecular formula is C22H35N. The van der Waals surface area contributed by atoms with Gasteiger partial charge in [0.2, 0.25) is 0 Å². The molecule has 0 aliphatic heterocycles. The third-order valence-corrected chi connectivity index (χ3v) is 6.02. The van der Waals surface area contributed by atoms with E-state index in [2.05, 4.69) is 83.3 Å². The Labute approximate surface area is 143 Å². The van der Waals surface area contributed by atoms with Gasteiger partial charge in [0.25, 0.3) is 0 Å². The molecule has 1 aromatic carbocycles. The first kappa shape index (κ1) is 18.1. The van der Waals surface area contributed by atoms with Crippen LogP contribution in [0.25, 0.3) is 0 Å². The zero-order valence-electron chi connectivity index (χ0n) is 15.9. The van der Waals surface area contributed by atoms with Gasteiger partial charge in [-0.3, -0.25) is 0 Å². The van der Waals surface area contributed by atoms with Crippen LogP contribution in [-0.2, 0) is 5.41 Å². The van der Waals surface area contributed by atoms with E-state index in [0.29, 0.717) is 17.3 Å². The van der Waals surface area contributed by atoms with Gasteiger partial charge in [0.1, 0.15) is 0 Å². The third kappa shape index (κ3) is 4.62. The van der Waals surface area contributed by atoms with Crippen LogP contribution < -0.4 is 5.32 Å². The average Bonchev–Trinajstić information content (AvgIpc) is 2.52. The number of hydrogen-bond donors (Lipinski definition) is 1. The van der Waals surface area contributed by atoms with Crippen LogP contribution in [0, 0.1) is 17.3 Å². The van der Waals surface area contributed by atoms with Crippen LogP contribution in [-0.4, -0.2) is 6.54 Å². The highest BCUT2D eigenvalue weighted by Gasteiger charge is 2.33. The normalized spacial score (nSPS) is 20.8. The monoisotopic (exact) mass is 313 g/mol. The van der Waals surface area contributed by atoms with E-state index in [0.717, 1.165) is 6.54 Å². The molecule has 1 aromatic rings. The quantitative estimate of drug-likeness (QED) is 0.711. The third-order valence-electron chi connectivity index (χ3n) is 6.02. The van der Waals surface area contributed by atoms with Gasteiger partial charge in [-0.05, 0) is 47.5 Å². The molecule has 1 aliphatic rings. The summed E-state index contributed by atoms with van der Waals surface area (Å²) in [5.41, 5.74) is 3.53. The van der Waals surface area contributed by atoms with E-state index in [-0.39, 0.29) is 5.41 Å². The molecule has 2 atom stereocenters. The van der Waals surface area contributed by atoms with Crippen molar-refractivity contribution in [3.63, 3.8) is 0 Å². The molecule has 1 heteroatoms. The Morgan fingerprint density at radius 2 is 1.74 bits per heavy atom. The van der Waals surface area contributed by atoms with Crippen LogP contribution in [0.2, 0.25) is 0 Å². The Kier molecular flexibility index (Phi) is 5.60. The summed E-state index contributed by atoms with van der Waals surface area (Å²) in [5.74, 6) is 1.38. The Bertz CT molecular complexity index is 519. The summed E-state index contributed by atoms with van der Waals surface area (Å²) in [6, 6.07) is 11.0. The second kappa shape index (κ2) is 7.11. The summed E-state index contributed by atoms with van der Waals surface area (Å²) in [4.78, 5) is 0. The summed E-state index contributed by atoms with van der Waals surface area (Å²) in [6.07, 6.45) is 6.10. The summed E-state index contributed by atoms with van der Waals surface area (Å²) >= 11 is 0. The minimum atomic E-state index is 0.234. The lowest BCUT2D eigenvalue weighted by Gasteiger charge is -2.38. The highest BCUT2D eigenvalue weighted by molar-refractivity contribution is 5.26. The Balaban J connectivity index is 1.99. The van der Waals surface area contributed by atoms with Crippen LogP contribution in [0.4, 0.5) is 0 Å². The fourth-order valence-electron chi connectivity index (χ4n) is 3.36. The number of benzene rings is 1. The van der Waals surface area contributed by atoms with Gasteiger partial charge in [0.05, 0.1) is 0 Å². The van der Waals surface area contributed by atoms with Gasteiger partial charge in [0.15, 0.2) is 0 Å². The fourth-order valence-corrected chi connectivity index (χ4v) is 3.36. The summed E-state index contributed by atoms with van der Waals surface area (Å²) in [5, 5.41) is 3.74. The van der Waals surface area contributed by atoms with Crippen molar-refractivity contribution in [2.45, 2.75) is 66.2 Å². The molecule has 0 heterocycles. The summed E-state index contributed by atoms with van der Waals surface area (Å²) < 4.78 is 0. The lowest BCUT2D eigenvalue weighted by Crippen LogP contribution is -2.35. The molecule has 0 radical (unpaired) electrons. The summed E-state index contributed by atoms with van der Waals surface area (Å²) in [6.45, 7) is 15.2. The lowest BCUT2D eigenvalue weighted by molar-refractivity contribution is 0.248. The Morgan fingerprint density at radius 1 is 1.09 bits per heavy atom. The van der Waals surface area contributed by atoms with Crippen molar-refractivity contribution in [1.82, 2.24) is 5.32 Å². The zero-order chi connectivity index (χ0) is 17.1. The Hall–Kier alpha value is -1.24. The standard InChI is InChI=1S/C22H35N/c1-17(21(2,3)4)16-23-20-14-10-13-19(15-20)22(5,6)18-11-8-7-9-12-18/h7-9,11-12,14,17,19,23H,10,13,15-16H2,1-6H3. The summed E-state index contributed by atoms with van der Waals surface area (Å²) in [7, 11) is 0. The first-order valence-electron chi connectivity index (χ1n) is 9.19. The van der Waals surface area contributed by atoms with Gasteiger partial charge in [0, 0.05) is 12.2 Å². The van der Waals surface area contributed by atoms with E-state index < -0.39 is 0 Å². The van der Waals surface area contributed by atoms with Crippen LogP contribution in [0.1, 0.15) is 66.4 Å². The number of hydrogen-bond acceptors (Lipinski definition) is 1. The van der Waals surface area contributed by atoms with Crippen molar-refractivity contribution in [3.8, 4) is 0 Å². The molecule has 0 saturated heterocycles. The molecule has 1 aliphatic carbocycles. The minimum absolute atomic E-state index is 0.234. The van der Waals surface area contributed by atoms with Crippen molar-refractivity contribution >= 4 is 0 Å². The van der Waals surface area contributed by atoms with Gasteiger partial charge >= 0.3 is 0 Å². The lowest BCUT2D eigenvalue weighted by atomic mass is 9.68. The van der Waals surface area contributed by atoms with Crippen molar-refractivity contribution in [3.05, 3.63) is 47.7 Å². The van der Waals surface area contributed by atoms with Gasteiger partial charge < -0.3 is 5.32 Å². The second-order valence-electron chi connectivity index (χ2n) is 8.94. The molecule has 2 unspecified atom stereocenters. The molecule has 0 saturated carbocycles. The van der Waals surface area contributed by atoms with Crippen LogP contribution >= 0.6 is 0 Å². The highest BCUT2D eigenvalue weighted by Crippen LogP contribution is 2.40. The smallest absolute Gasteiger partial charge is 0.0174 e. The van der Waals surface area contributed by atoms with Crippen LogP contribution in [0.5, 0.6) is 0 Å². The number of rotatable bonds is 5. The Morgan fingerprint density at radius 3 is 2.35 bits per heavy atom. The van der Waals surface area contributed by atoms with Gasteiger partial charge in [-0.1, -0.05) is 78.0 Å². The number of nitrogens with one attached hydrogen (secondary N) is 1. The molecule has 0 amide bonds. The number of allylic oxidation sites excluding steroid dienone is 2. The van der Waals surface area contributed by atoms with Crippen molar-refractivity contribution in [2.24, 2.45) is 17.3 Å². The van der Waals surface area contributed by atoms with E-state index in [9.17, 15) is 0 Å². The molecule has 2 rings (SSSR count). The van der Waals surface area contributed by atoms with Crippen LogP contribution in [0.3, 0.4) is 0 Å². The van der Waals surface area contributed by atoms with E-state index in [1.54, 1.807) is 0 Å². The molecule has 23 heavy (non-hydrogen) atoms. The zero-order valence-corrected chi connectivity index (χ0v) is 15.9. The fraction of sp³-hybridized carbons (Fsp3) is 0.636.